The summed E-state index contributed by atoms with van der Waals surface area (Å²) in [5, 5.41) is -0.380. The van der Waals surface area contributed by atoms with Gasteiger partial charge >= 0.3 is 0 Å². The highest BCUT2D eigenvalue weighted by atomic mass is 35.5. The molecule has 1 heterocycles. The topological polar surface area (TPSA) is 63.2 Å². The molecule has 0 aromatic carbocycles. The predicted octanol–water partition coefficient (Wildman–Crippen LogP) is 2.05. The fourth-order valence-electron chi connectivity index (χ4n) is 4.96. The number of carbonyl (C=O) groups excluding carboxylic acids is 1. The summed E-state index contributed by atoms with van der Waals surface area (Å²) in [6.07, 6.45) is 5.98. The maximum atomic E-state index is 12.0. The molecule has 4 unspecified atom stereocenters. The fraction of sp³-hybridized carbons (Fsp3) is 0.786. The number of allylic oxidation sites excluding steroid dienone is 2. The summed E-state index contributed by atoms with van der Waals surface area (Å²) in [4.78, 5) is 10.8. The van der Waals surface area contributed by atoms with E-state index in [0.717, 1.165) is 12.8 Å². The molecule has 4 atom stereocenters. The van der Waals surface area contributed by atoms with Crippen LogP contribution in [0.3, 0.4) is 0 Å². The molecule has 0 radical (unpaired) electrons. The third-order valence-electron chi connectivity index (χ3n) is 5.96. The molecule has 20 heavy (non-hydrogen) atoms. The Morgan fingerprint density at radius 1 is 1.40 bits per heavy atom. The first-order chi connectivity index (χ1) is 9.19. The standard InChI is InChI=1S/C14H20ClNO3S/c1-13(2)10-6-9(4-3-5-12(15)17)14(13)8-20(18,19)16-11(14)7-10/h3-4,9-11,16H,5-8H2,1-2H3. The van der Waals surface area contributed by atoms with Crippen LogP contribution in [-0.4, -0.2) is 25.5 Å². The number of fused-ring (bicyclic) bond motifs is 1. The summed E-state index contributed by atoms with van der Waals surface area (Å²) in [6, 6.07) is 0.0441. The van der Waals surface area contributed by atoms with Crippen molar-refractivity contribution in [3.05, 3.63) is 12.2 Å². The normalized spacial score (nSPS) is 44.0. The molecular formula is C14H20ClNO3S. The van der Waals surface area contributed by atoms with Gasteiger partial charge in [-0.05, 0) is 41.7 Å². The van der Waals surface area contributed by atoms with Crippen LogP contribution in [0.4, 0.5) is 0 Å². The summed E-state index contributed by atoms with van der Waals surface area (Å²) in [5.74, 6) is 0.955. The van der Waals surface area contributed by atoms with E-state index in [-0.39, 0.29) is 40.2 Å². The van der Waals surface area contributed by atoms with Crippen LogP contribution < -0.4 is 4.72 Å². The number of hydrogen-bond donors (Lipinski definition) is 1. The van der Waals surface area contributed by atoms with Crippen molar-refractivity contribution in [3.8, 4) is 0 Å². The third-order valence-corrected chi connectivity index (χ3v) is 7.62. The average molecular weight is 318 g/mol. The second-order valence-electron chi connectivity index (χ2n) is 6.95. The maximum Gasteiger partial charge on any atom is 0.225 e. The molecule has 0 amide bonds. The van der Waals surface area contributed by atoms with Crippen molar-refractivity contribution in [3.63, 3.8) is 0 Å². The molecule has 6 heteroatoms. The Balaban J connectivity index is 1.95. The maximum absolute atomic E-state index is 12.0. The lowest BCUT2D eigenvalue weighted by Crippen LogP contribution is -2.44. The Labute approximate surface area is 125 Å². The van der Waals surface area contributed by atoms with Crippen LogP contribution in [0.5, 0.6) is 0 Å². The van der Waals surface area contributed by atoms with Crippen molar-refractivity contribution in [2.24, 2.45) is 22.7 Å². The minimum absolute atomic E-state index is 0.00815. The van der Waals surface area contributed by atoms with Crippen LogP contribution in [0.25, 0.3) is 0 Å². The van der Waals surface area contributed by atoms with E-state index in [4.69, 9.17) is 11.6 Å². The minimum atomic E-state index is -3.17. The lowest BCUT2D eigenvalue weighted by Gasteiger charge is -2.40. The van der Waals surface area contributed by atoms with E-state index in [2.05, 4.69) is 18.6 Å². The lowest BCUT2D eigenvalue weighted by atomic mass is 9.64. The van der Waals surface area contributed by atoms with E-state index in [1.54, 1.807) is 6.08 Å². The molecule has 3 fully saturated rings. The lowest BCUT2D eigenvalue weighted by molar-refractivity contribution is -0.110. The molecule has 0 aromatic rings. The van der Waals surface area contributed by atoms with Gasteiger partial charge in [-0.2, -0.15) is 0 Å². The molecule has 3 rings (SSSR count). The summed E-state index contributed by atoms with van der Waals surface area (Å²) < 4.78 is 26.9. The van der Waals surface area contributed by atoms with Crippen LogP contribution in [0.1, 0.15) is 33.1 Å². The van der Waals surface area contributed by atoms with Gasteiger partial charge in [-0.25, -0.2) is 13.1 Å². The van der Waals surface area contributed by atoms with Gasteiger partial charge in [0.1, 0.15) is 0 Å². The van der Waals surface area contributed by atoms with E-state index >= 15 is 0 Å². The molecular weight excluding hydrogens is 298 g/mol. The molecule has 1 spiro atoms. The van der Waals surface area contributed by atoms with Crippen molar-refractivity contribution in [1.82, 2.24) is 4.72 Å². The van der Waals surface area contributed by atoms with Gasteiger partial charge in [-0.3, -0.25) is 4.79 Å². The van der Waals surface area contributed by atoms with Gasteiger partial charge in [0.25, 0.3) is 0 Å². The second-order valence-corrected chi connectivity index (χ2v) is 9.13. The van der Waals surface area contributed by atoms with Crippen molar-refractivity contribution in [2.75, 3.05) is 5.75 Å². The van der Waals surface area contributed by atoms with Crippen LogP contribution in [-0.2, 0) is 14.8 Å². The Morgan fingerprint density at radius 3 is 2.75 bits per heavy atom. The van der Waals surface area contributed by atoms with Gasteiger partial charge in [-0.1, -0.05) is 26.0 Å². The van der Waals surface area contributed by atoms with Gasteiger partial charge in [0.2, 0.25) is 15.3 Å². The minimum Gasteiger partial charge on any atom is -0.281 e. The highest BCUT2D eigenvalue weighted by molar-refractivity contribution is 7.89. The predicted molar refractivity (Wildman–Crippen MR) is 77.8 cm³/mol. The molecule has 3 aliphatic rings. The largest absolute Gasteiger partial charge is 0.281 e. The number of rotatable bonds is 3. The van der Waals surface area contributed by atoms with E-state index in [9.17, 15) is 13.2 Å². The van der Waals surface area contributed by atoms with Gasteiger partial charge in [0, 0.05) is 17.9 Å². The van der Waals surface area contributed by atoms with Crippen LogP contribution in [0, 0.1) is 22.7 Å². The highest BCUT2D eigenvalue weighted by Crippen LogP contribution is 2.70. The molecule has 2 aliphatic carbocycles. The van der Waals surface area contributed by atoms with Crippen LogP contribution >= 0.6 is 11.6 Å². The molecule has 0 aromatic heterocycles. The number of nitrogens with one attached hydrogen (secondary N) is 1. The number of halogens is 1. The molecule has 2 bridgehead atoms. The van der Waals surface area contributed by atoms with Crippen LogP contribution in [0.15, 0.2) is 12.2 Å². The molecule has 1 N–H and O–H groups in total. The Morgan fingerprint density at radius 2 is 2.10 bits per heavy atom. The van der Waals surface area contributed by atoms with Crippen molar-refractivity contribution >= 4 is 26.9 Å². The van der Waals surface area contributed by atoms with Crippen molar-refractivity contribution < 1.29 is 13.2 Å². The number of hydrogen-bond acceptors (Lipinski definition) is 3. The first-order valence-corrected chi connectivity index (χ1v) is 9.07. The van der Waals surface area contributed by atoms with E-state index in [1.807, 2.05) is 6.08 Å². The molecule has 1 saturated heterocycles. The first-order valence-electron chi connectivity index (χ1n) is 7.04. The number of sulfonamides is 1. The van der Waals surface area contributed by atoms with E-state index < -0.39 is 10.0 Å². The van der Waals surface area contributed by atoms with Crippen molar-refractivity contribution in [1.29, 1.82) is 0 Å². The van der Waals surface area contributed by atoms with E-state index in [1.165, 1.54) is 0 Å². The Bertz CT molecular complexity index is 583. The summed E-state index contributed by atoms with van der Waals surface area (Å²) in [7, 11) is -3.17. The van der Waals surface area contributed by atoms with Gasteiger partial charge in [-0.15, -0.1) is 0 Å². The zero-order valence-corrected chi connectivity index (χ0v) is 13.3. The monoisotopic (exact) mass is 317 g/mol. The SMILES string of the molecule is CC1(C)C2CC(C=CCC(=O)Cl)C13CS(=O)(=O)NC3C2. The van der Waals surface area contributed by atoms with Gasteiger partial charge in [0.05, 0.1) is 5.75 Å². The molecule has 4 nitrogen and oxygen atoms in total. The van der Waals surface area contributed by atoms with Crippen LogP contribution in [0.2, 0.25) is 0 Å². The first kappa shape index (κ1) is 14.5. The van der Waals surface area contributed by atoms with Crippen molar-refractivity contribution in [2.45, 2.75) is 39.2 Å². The molecule has 1 aliphatic heterocycles. The average Bonchev–Trinajstić information content (AvgIpc) is 2.75. The highest BCUT2D eigenvalue weighted by Gasteiger charge is 2.72. The fourth-order valence-corrected chi connectivity index (χ4v) is 7.29. The second kappa shape index (κ2) is 4.31. The van der Waals surface area contributed by atoms with Gasteiger partial charge < -0.3 is 0 Å². The summed E-state index contributed by atoms with van der Waals surface area (Å²) >= 11 is 5.35. The zero-order valence-electron chi connectivity index (χ0n) is 11.7. The number of carbonyl (C=O) groups is 1. The quantitative estimate of drug-likeness (QED) is 0.640. The smallest absolute Gasteiger partial charge is 0.225 e. The van der Waals surface area contributed by atoms with E-state index in [0.29, 0.717) is 5.92 Å². The third kappa shape index (κ3) is 1.82. The summed E-state index contributed by atoms with van der Waals surface area (Å²) in [5.41, 5.74) is -0.226. The Kier molecular flexibility index (Phi) is 3.13. The Hall–Kier alpha value is -0.390. The molecule has 112 valence electrons. The molecule has 2 saturated carbocycles. The van der Waals surface area contributed by atoms with Gasteiger partial charge in [0.15, 0.2) is 0 Å². The zero-order chi connectivity index (χ0) is 14.8. The summed E-state index contributed by atoms with van der Waals surface area (Å²) in [6.45, 7) is 4.39.